The predicted octanol–water partition coefficient (Wildman–Crippen LogP) is 6.27. The van der Waals surface area contributed by atoms with E-state index in [1.165, 1.54) is 24.8 Å². The largest absolute Gasteiger partial charge is 0.491 e. The number of fused-ring (bicyclic) bond motifs is 3. The Morgan fingerprint density at radius 3 is 2.75 bits per heavy atom. The number of benzene rings is 2. The van der Waals surface area contributed by atoms with Crippen molar-refractivity contribution in [2.45, 2.75) is 19.3 Å². The number of ether oxygens (including phenoxy) is 2. The normalized spacial score (nSPS) is 16.4. The minimum atomic E-state index is -2.68. The summed E-state index contributed by atoms with van der Waals surface area (Å²) in [5, 5.41) is 5.75. The molecular formula is C26H20F2N4O3S. The van der Waals surface area contributed by atoms with Crippen LogP contribution in [0, 0.1) is 12.8 Å². The number of pyridine rings is 1. The molecule has 0 amide bonds. The number of esters is 1. The fourth-order valence-corrected chi connectivity index (χ4v) is 5.31. The monoisotopic (exact) mass is 506 g/mol. The number of aromatic nitrogens is 3. The average Bonchev–Trinajstić information content (AvgIpc) is 3.34. The minimum absolute atomic E-state index is 0.0999. The quantitative estimate of drug-likeness (QED) is 0.215. The summed E-state index contributed by atoms with van der Waals surface area (Å²) < 4.78 is 37.9. The number of nitrogens with one attached hydrogen (secondary N) is 1. The first-order chi connectivity index (χ1) is 17.3. The maximum atomic E-state index is 13.5. The lowest BCUT2D eigenvalue weighted by Crippen LogP contribution is -2.07. The summed E-state index contributed by atoms with van der Waals surface area (Å²) in [6.07, 6.45) is 1.23. The van der Waals surface area contributed by atoms with Gasteiger partial charge in [0, 0.05) is 17.2 Å². The van der Waals surface area contributed by atoms with Crippen LogP contribution in [0.25, 0.3) is 32.0 Å². The van der Waals surface area contributed by atoms with E-state index >= 15 is 0 Å². The number of methoxy groups -OCH3 is 1. The van der Waals surface area contributed by atoms with Gasteiger partial charge in [0.25, 0.3) is 5.92 Å². The first-order valence-corrected chi connectivity index (χ1v) is 12.1. The molecule has 182 valence electrons. The molecule has 0 spiro atoms. The fraction of sp³-hybridized carbons (Fsp3) is 0.231. The number of rotatable bonds is 6. The van der Waals surface area contributed by atoms with Gasteiger partial charge in [-0.3, -0.25) is 0 Å². The Bertz CT molecular complexity index is 1670. The van der Waals surface area contributed by atoms with E-state index in [0.29, 0.717) is 43.4 Å². The van der Waals surface area contributed by atoms with Crippen molar-refractivity contribution in [2.75, 3.05) is 19.0 Å². The van der Waals surface area contributed by atoms with Crippen molar-refractivity contribution in [2.24, 2.45) is 5.92 Å². The molecule has 7 nitrogen and oxygen atoms in total. The Morgan fingerprint density at radius 2 is 1.97 bits per heavy atom. The third-order valence-corrected chi connectivity index (χ3v) is 7.54. The molecule has 1 unspecified atom stereocenters. The van der Waals surface area contributed by atoms with Gasteiger partial charge in [-0.2, -0.15) is 0 Å². The Hall–Kier alpha value is -3.92. The number of anilines is 2. The molecule has 10 heteroatoms. The maximum absolute atomic E-state index is 13.5. The summed E-state index contributed by atoms with van der Waals surface area (Å²) >= 11 is 1.22. The van der Waals surface area contributed by atoms with Crippen molar-refractivity contribution in [3.8, 4) is 5.75 Å². The fourth-order valence-electron chi connectivity index (χ4n) is 4.24. The van der Waals surface area contributed by atoms with Crippen LogP contribution in [-0.4, -0.2) is 40.6 Å². The second-order valence-corrected chi connectivity index (χ2v) is 9.77. The molecule has 6 rings (SSSR count). The molecule has 1 fully saturated rings. The van der Waals surface area contributed by atoms with Crippen molar-refractivity contribution in [1.29, 1.82) is 0 Å². The first-order valence-electron chi connectivity index (χ1n) is 11.3. The number of nitrogens with zero attached hydrogens (tertiary/aromatic N) is 3. The van der Waals surface area contributed by atoms with E-state index in [1.54, 1.807) is 13.0 Å². The summed E-state index contributed by atoms with van der Waals surface area (Å²) in [7, 11) is 1.33. The van der Waals surface area contributed by atoms with Crippen LogP contribution in [0.15, 0.2) is 48.8 Å². The van der Waals surface area contributed by atoms with E-state index < -0.39 is 17.8 Å². The summed E-state index contributed by atoms with van der Waals surface area (Å²) in [6, 6.07) is 13.4. The summed E-state index contributed by atoms with van der Waals surface area (Å²) in [5.41, 5.74) is 2.76. The Labute approximate surface area is 208 Å². The molecular weight excluding hydrogens is 486 g/mol. The molecule has 0 saturated heterocycles. The van der Waals surface area contributed by atoms with Crippen molar-refractivity contribution in [3.05, 3.63) is 59.2 Å². The Morgan fingerprint density at radius 1 is 1.17 bits per heavy atom. The van der Waals surface area contributed by atoms with Crippen LogP contribution in [-0.2, 0) is 4.74 Å². The highest BCUT2D eigenvalue weighted by molar-refractivity contribution is 7.20. The molecule has 0 radical (unpaired) electrons. The molecule has 1 aliphatic carbocycles. The maximum Gasteiger partial charge on any atom is 0.348 e. The predicted molar refractivity (Wildman–Crippen MR) is 135 cm³/mol. The lowest BCUT2D eigenvalue weighted by atomic mass is 10.1. The van der Waals surface area contributed by atoms with Gasteiger partial charge < -0.3 is 14.8 Å². The lowest BCUT2D eigenvalue weighted by molar-refractivity contribution is 0.0605. The molecule has 1 atom stereocenters. The van der Waals surface area contributed by atoms with Gasteiger partial charge in [0.05, 0.1) is 41.7 Å². The molecule has 36 heavy (non-hydrogen) atoms. The van der Waals surface area contributed by atoms with Crippen LogP contribution < -0.4 is 10.1 Å². The van der Waals surface area contributed by atoms with Crippen LogP contribution in [0.3, 0.4) is 0 Å². The molecule has 1 aliphatic rings. The zero-order chi connectivity index (χ0) is 25.0. The van der Waals surface area contributed by atoms with Gasteiger partial charge in [-0.15, -0.1) is 11.3 Å². The lowest BCUT2D eigenvalue weighted by Gasteiger charge is -2.15. The molecule has 3 aromatic heterocycles. The van der Waals surface area contributed by atoms with Crippen LogP contribution in [0.5, 0.6) is 5.75 Å². The number of halogens is 2. The number of thiophene rings is 1. The number of carbonyl (C=O) groups is 1. The Balaban J connectivity index is 1.46. The van der Waals surface area contributed by atoms with Crippen LogP contribution in [0.2, 0.25) is 0 Å². The summed E-state index contributed by atoms with van der Waals surface area (Å²) in [6.45, 7) is 1.71. The van der Waals surface area contributed by atoms with Crippen LogP contribution >= 0.6 is 11.3 Å². The second-order valence-electron chi connectivity index (χ2n) is 8.77. The van der Waals surface area contributed by atoms with Crippen molar-refractivity contribution in [1.82, 2.24) is 15.0 Å². The summed E-state index contributed by atoms with van der Waals surface area (Å²) in [5.74, 6) is -3.05. The number of para-hydroxylation sites is 1. The standard InChI is InChI=1S/C26H20F2N4O3S/c1-13-21-23(29-12-30-24(21)36-22(13)25(33)34-2)32-19-9-18-15(7-14-5-3-4-6-17(14)31-18)8-20(19)35-11-16-10-26(16,27)28/h3-9,12,16H,10-11H2,1-2H3,(H,29,30,32). The highest BCUT2D eigenvalue weighted by Crippen LogP contribution is 2.49. The smallest absolute Gasteiger partial charge is 0.348 e. The van der Waals surface area contributed by atoms with E-state index in [4.69, 9.17) is 14.5 Å². The van der Waals surface area contributed by atoms with Crippen molar-refractivity contribution in [3.63, 3.8) is 0 Å². The number of carbonyl (C=O) groups excluding carboxylic acids is 1. The van der Waals surface area contributed by atoms with Crippen LogP contribution in [0.4, 0.5) is 20.3 Å². The Kier molecular flexibility index (Phi) is 5.22. The van der Waals surface area contributed by atoms with Crippen LogP contribution in [0.1, 0.15) is 21.7 Å². The highest BCUT2D eigenvalue weighted by Gasteiger charge is 2.57. The third-order valence-electron chi connectivity index (χ3n) is 6.36. The molecule has 3 heterocycles. The van der Waals surface area contributed by atoms with E-state index in [9.17, 15) is 13.6 Å². The minimum Gasteiger partial charge on any atom is -0.491 e. The molecule has 1 saturated carbocycles. The van der Waals surface area contributed by atoms with Gasteiger partial charge >= 0.3 is 5.97 Å². The van der Waals surface area contributed by atoms with Gasteiger partial charge in [0.15, 0.2) is 0 Å². The zero-order valence-corrected chi connectivity index (χ0v) is 20.2. The zero-order valence-electron chi connectivity index (χ0n) is 19.3. The van der Waals surface area contributed by atoms with E-state index in [2.05, 4.69) is 15.3 Å². The van der Waals surface area contributed by atoms with Gasteiger partial charge in [0.2, 0.25) is 0 Å². The number of alkyl halides is 2. The number of aryl methyl sites for hydroxylation is 1. The molecule has 2 aromatic carbocycles. The van der Waals surface area contributed by atoms with Gasteiger partial charge in [0.1, 0.15) is 27.6 Å². The SMILES string of the molecule is COC(=O)c1sc2ncnc(Nc3cc4nc5ccccc5cc4cc3OCC3CC3(F)F)c2c1C. The molecule has 1 N–H and O–H groups in total. The second kappa shape index (κ2) is 8.34. The molecule has 0 bridgehead atoms. The van der Waals surface area contributed by atoms with Gasteiger partial charge in [-0.1, -0.05) is 18.2 Å². The molecule has 5 aromatic rings. The van der Waals surface area contributed by atoms with Gasteiger partial charge in [-0.25, -0.2) is 28.5 Å². The van der Waals surface area contributed by atoms with E-state index in [1.807, 2.05) is 36.4 Å². The van der Waals surface area contributed by atoms with Gasteiger partial charge in [-0.05, 0) is 36.8 Å². The number of hydrogen-bond donors (Lipinski definition) is 1. The number of hydrogen-bond acceptors (Lipinski definition) is 8. The molecule has 0 aliphatic heterocycles. The topological polar surface area (TPSA) is 86.2 Å². The first kappa shape index (κ1) is 22.5. The average molecular weight is 507 g/mol. The van der Waals surface area contributed by atoms with E-state index in [0.717, 1.165) is 16.3 Å². The third kappa shape index (κ3) is 3.87. The van der Waals surface area contributed by atoms with Crippen molar-refractivity contribution >= 4 is 60.8 Å². The highest BCUT2D eigenvalue weighted by atomic mass is 32.1. The summed E-state index contributed by atoms with van der Waals surface area (Å²) in [4.78, 5) is 26.7. The van der Waals surface area contributed by atoms with E-state index in [-0.39, 0.29) is 13.0 Å². The van der Waals surface area contributed by atoms with Crippen molar-refractivity contribution < 1.29 is 23.0 Å².